The number of hydrogen-bond donors (Lipinski definition) is 0. The van der Waals surface area contributed by atoms with Crippen molar-refractivity contribution in [2.75, 3.05) is 13.6 Å². The van der Waals surface area contributed by atoms with Gasteiger partial charge in [-0.3, -0.25) is 4.79 Å². The van der Waals surface area contributed by atoms with Crippen molar-refractivity contribution in [3.05, 3.63) is 0 Å². The largest absolute Gasteiger partial charge is 0.302 e. The highest BCUT2D eigenvalue weighted by atomic mass is 16.1. The minimum absolute atomic E-state index is 0.485. The Kier molecular flexibility index (Phi) is 3.22. The molecule has 1 unspecified atom stereocenters. The summed E-state index contributed by atoms with van der Waals surface area (Å²) in [5, 5.41) is 0. The van der Waals surface area contributed by atoms with Gasteiger partial charge in [0.1, 0.15) is 5.78 Å². The molecule has 0 N–H and O–H groups in total. The highest BCUT2D eigenvalue weighted by Gasteiger charge is 2.31. The van der Waals surface area contributed by atoms with Crippen LogP contribution in [0.2, 0.25) is 0 Å². The zero-order valence-corrected chi connectivity index (χ0v) is 9.17. The monoisotopic (exact) mass is 195 g/mol. The van der Waals surface area contributed by atoms with Crippen molar-refractivity contribution in [3.8, 4) is 0 Å². The maximum Gasteiger partial charge on any atom is 0.135 e. The van der Waals surface area contributed by atoms with Crippen molar-refractivity contribution in [1.82, 2.24) is 4.90 Å². The van der Waals surface area contributed by atoms with E-state index in [9.17, 15) is 4.79 Å². The van der Waals surface area contributed by atoms with Crippen LogP contribution in [-0.4, -0.2) is 30.3 Å². The van der Waals surface area contributed by atoms with E-state index >= 15 is 0 Å². The maximum atomic E-state index is 11.4. The fourth-order valence-corrected chi connectivity index (χ4v) is 3.00. The third-order valence-corrected chi connectivity index (χ3v) is 3.94. The van der Waals surface area contributed by atoms with E-state index in [0.717, 1.165) is 25.3 Å². The Bertz CT molecular complexity index is 208. The van der Waals surface area contributed by atoms with Crippen LogP contribution in [0.5, 0.6) is 0 Å². The number of likely N-dealkylation sites (tertiary alicyclic amines) is 1. The van der Waals surface area contributed by atoms with Crippen LogP contribution >= 0.6 is 0 Å². The van der Waals surface area contributed by atoms with E-state index < -0.39 is 0 Å². The molecule has 1 aliphatic heterocycles. The van der Waals surface area contributed by atoms with E-state index in [4.69, 9.17) is 0 Å². The molecular weight excluding hydrogens is 174 g/mol. The number of nitrogens with zero attached hydrogens (tertiary/aromatic N) is 1. The molecular formula is C12H21NO. The third-order valence-electron chi connectivity index (χ3n) is 3.94. The van der Waals surface area contributed by atoms with Gasteiger partial charge in [-0.1, -0.05) is 19.3 Å². The molecule has 1 saturated carbocycles. The van der Waals surface area contributed by atoms with E-state index in [0.29, 0.717) is 11.8 Å². The second-order valence-corrected chi connectivity index (χ2v) is 4.94. The summed E-state index contributed by atoms with van der Waals surface area (Å²) in [6.45, 7) is 0.986. The first-order valence-corrected chi connectivity index (χ1v) is 5.99. The van der Waals surface area contributed by atoms with Gasteiger partial charge in [-0.05, 0) is 25.8 Å². The molecule has 0 aromatic rings. The van der Waals surface area contributed by atoms with Crippen LogP contribution in [0.1, 0.15) is 44.9 Å². The van der Waals surface area contributed by atoms with E-state index in [2.05, 4.69) is 11.9 Å². The van der Waals surface area contributed by atoms with Crippen LogP contribution in [0.3, 0.4) is 0 Å². The Morgan fingerprint density at radius 2 is 1.93 bits per heavy atom. The van der Waals surface area contributed by atoms with Gasteiger partial charge >= 0.3 is 0 Å². The molecule has 2 rings (SSSR count). The molecule has 0 aromatic heterocycles. The molecule has 2 heteroatoms. The van der Waals surface area contributed by atoms with Crippen molar-refractivity contribution >= 4 is 5.78 Å². The molecule has 14 heavy (non-hydrogen) atoms. The highest BCUT2D eigenvalue weighted by Crippen LogP contribution is 2.31. The normalized spacial score (nSPS) is 32.1. The number of rotatable bonds is 1. The van der Waals surface area contributed by atoms with E-state index in [1.807, 2.05) is 0 Å². The summed E-state index contributed by atoms with van der Waals surface area (Å²) in [5.74, 6) is 1.29. The number of carbonyl (C=O) groups excluding carboxylic acids is 1. The molecule has 80 valence electrons. The van der Waals surface area contributed by atoms with Crippen LogP contribution in [0.15, 0.2) is 0 Å². The summed E-state index contributed by atoms with van der Waals surface area (Å²) in [5.41, 5.74) is 0. The SMILES string of the molecule is CN1CCC(=O)CC1C1CCCCC1. The number of Topliss-reactive ketones (excluding diaryl/α,β-unsaturated/α-hetero) is 1. The van der Waals surface area contributed by atoms with Crippen molar-refractivity contribution < 1.29 is 4.79 Å². The fraction of sp³-hybridized carbons (Fsp3) is 0.917. The van der Waals surface area contributed by atoms with Gasteiger partial charge in [0.05, 0.1) is 0 Å². The predicted octanol–water partition coefficient (Wildman–Crippen LogP) is 2.23. The second-order valence-electron chi connectivity index (χ2n) is 4.94. The van der Waals surface area contributed by atoms with Crippen LogP contribution < -0.4 is 0 Å². The van der Waals surface area contributed by atoms with Crippen LogP contribution in [0.4, 0.5) is 0 Å². The molecule has 1 aliphatic carbocycles. The summed E-state index contributed by atoms with van der Waals surface area (Å²) in [7, 11) is 2.19. The third kappa shape index (κ3) is 2.17. The highest BCUT2D eigenvalue weighted by molar-refractivity contribution is 5.80. The Balaban J connectivity index is 1.95. The van der Waals surface area contributed by atoms with Crippen molar-refractivity contribution in [2.45, 2.75) is 51.0 Å². The van der Waals surface area contributed by atoms with Gasteiger partial charge in [-0.15, -0.1) is 0 Å². The Morgan fingerprint density at radius 3 is 2.64 bits per heavy atom. The molecule has 0 aromatic carbocycles. The number of ketones is 1. The average Bonchev–Trinajstić information content (AvgIpc) is 2.23. The standard InChI is InChI=1S/C12H21NO/c1-13-8-7-11(14)9-12(13)10-5-3-2-4-6-10/h10,12H,2-9H2,1H3. The first-order chi connectivity index (χ1) is 6.77. The summed E-state index contributed by atoms with van der Waals surface area (Å²) in [4.78, 5) is 13.8. The lowest BCUT2D eigenvalue weighted by Crippen LogP contribution is -2.45. The molecule has 0 spiro atoms. The fourth-order valence-electron chi connectivity index (χ4n) is 3.00. The summed E-state index contributed by atoms with van der Waals surface area (Å²) >= 11 is 0. The van der Waals surface area contributed by atoms with Gasteiger partial charge in [0.15, 0.2) is 0 Å². The van der Waals surface area contributed by atoms with E-state index in [-0.39, 0.29) is 0 Å². The van der Waals surface area contributed by atoms with Gasteiger partial charge in [0.2, 0.25) is 0 Å². The minimum atomic E-state index is 0.485. The van der Waals surface area contributed by atoms with Crippen molar-refractivity contribution in [3.63, 3.8) is 0 Å². The predicted molar refractivity (Wildman–Crippen MR) is 57.2 cm³/mol. The first-order valence-electron chi connectivity index (χ1n) is 5.99. The molecule has 1 heterocycles. The maximum absolute atomic E-state index is 11.4. The summed E-state index contributed by atoms with van der Waals surface area (Å²) in [6.07, 6.45) is 8.46. The number of piperidine rings is 1. The van der Waals surface area contributed by atoms with Gasteiger partial charge < -0.3 is 4.90 Å². The molecule has 1 saturated heterocycles. The molecule has 0 bridgehead atoms. The summed E-state index contributed by atoms with van der Waals surface area (Å²) < 4.78 is 0. The number of hydrogen-bond acceptors (Lipinski definition) is 2. The van der Waals surface area contributed by atoms with Crippen LogP contribution in [0.25, 0.3) is 0 Å². The Morgan fingerprint density at radius 1 is 1.21 bits per heavy atom. The molecule has 0 radical (unpaired) electrons. The van der Waals surface area contributed by atoms with Gasteiger partial charge in [-0.25, -0.2) is 0 Å². The first kappa shape index (κ1) is 10.2. The minimum Gasteiger partial charge on any atom is -0.302 e. The lowest BCUT2D eigenvalue weighted by atomic mass is 9.80. The van der Waals surface area contributed by atoms with Crippen LogP contribution in [-0.2, 0) is 4.79 Å². The second kappa shape index (κ2) is 4.43. The average molecular weight is 195 g/mol. The molecule has 2 fully saturated rings. The van der Waals surface area contributed by atoms with Crippen molar-refractivity contribution in [2.24, 2.45) is 5.92 Å². The smallest absolute Gasteiger partial charge is 0.135 e. The molecule has 2 nitrogen and oxygen atoms in total. The molecule has 0 amide bonds. The zero-order chi connectivity index (χ0) is 9.97. The van der Waals surface area contributed by atoms with Crippen molar-refractivity contribution in [1.29, 1.82) is 0 Å². The Hall–Kier alpha value is -0.370. The quantitative estimate of drug-likeness (QED) is 0.639. The number of carbonyl (C=O) groups is 1. The van der Waals surface area contributed by atoms with E-state index in [1.165, 1.54) is 32.1 Å². The molecule has 1 atom stereocenters. The lowest BCUT2D eigenvalue weighted by Gasteiger charge is -2.39. The van der Waals surface area contributed by atoms with E-state index in [1.54, 1.807) is 0 Å². The Labute approximate surface area is 86.7 Å². The van der Waals surface area contributed by atoms with Gasteiger partial charge in [0, 0.05) is 25.4 Å². The van der Waals surface area contributed by atoms with Crippen LogP contribution in [0, 0.1) is 5.92 Å². The zero-order valence-electron chi connectivity index (χ0n) is 9.17. The van der Waals surface area contributed by atoms with Gasteiger partial charge in [0.25, 0.3) is 0 Å². The lowest BCUT2D eigenvalue weighted by molar-refractivity contribution is -0.123. The summed E-state index contributed by atoms with van der Waals surface area (Å²) in [6, 6.07) is 0.566. The van der Waals surface area contributed by atoms with Gasteiger partial charge in [-0.2, -0.15) is 0 Å². The topological polar surface area (TPSA) is 20.3 Å². The molecule has 2 aliphatic rings.